The minimum Gasteiger partial charge on any atom is -0.461 e. The molecule has 0 unspecified atom stereocenters. The van der Waals surface area contributed by atoms with Crippen molar-refractivity contribution in [2.24, 2.45) is 0 Å². The maximum absolute atomic E-state index is 11.8. The van der Waals surface area contributed by atoms with Gasteiger partial charge < -0.3 is 9.73 Å². The van der Waals surface area contributed by atoms with Crippen molar-refractivity contribution in [3.63, 3.8) is 0 Å². The van der Waals surface area contributed by atoms with Crippen LogP contribution in [0.1, 0.15) is 28.1 Å². The van der Waals surface area contributed by atoms with Crippen molar-refractivity contribution in [1.29, 1.82) is 0 Å². The Bertz CT molecular complexity index is 735. The second kappa shape index (κ2) is 7.40. The van der Waals surface area contributed by atoms with E-state index >= 15 is 0 Å². The Balaban J connectivity index is 1.49. The third-order valence-electron chi connectivity index (χ3n) is 3.59. The highest BCUT2D eigenvalue weighted by atomic mass is 16.3. The highest BCUT2D eigenvalue weighted by Gasteiger charge is 2.07. The van der Waals surface area contributed by atoms with E-state index in [0.29, 0.717) is 18.7 Å². The van der Waals surface area contributed by atoms with Gasteiger partial charge in [0.1, 0.15) is 0 Å². The van der Waals surface area contributed by atoms with Gasteiger partial charge in [0.05, 0.1) is 6.26 Å². The molecule has 0 spiro atoms. The number of hydrogen-bond donors (Lipinski definition) is 1. The van der Waals surface area contributed by atoms with Crippen molar-refractivity contribution in [2.45, 2.75) is 12.8 Å². The highest BCUT2D eigenvalue weighted by molar-refractivity contribution is 5.93. The number of carbonyl (C=O) groups excluding carboxylic acids is 1. The molecule has 0 aliphatic rings. The number of hydrogen-bond acceptors (Lipinski definition) is 4. The van der Waals surface area contributed by atoms with Gasteiger partial charge in [-0.2, -0.15) is 0 Å². The molecular formula is C19H18N2O2. The number of pyridine rings is 1. The molecule has 0 radical (unpaired) electrons. The van der Waals surface area contributed by atoms with Gasteiger partial charge in [0, 0.05) is 31.0 Å². The standard InChI is InChI=1S/C19H18N2O2/c22-18(19-2-1-13-23-19)9-12-21-17-5-3-15(4-6-17)14-16-7-10-20-11-8-16/h1-8,10-11,13,21H,9,12,14H2. The lowest BCUT2D eigenvalue weighted by Crippen LogP contribution is -2.08. The molecule has 23 heavy (non-hydrogen) atoms. The van der Waals surface area contributed by atoms with Crippen molar-refractivity contribution in [1.82, 2.24) is 4.98 Å². The fraction of sp³-hybridized carbons (Fsp3) is 0.158. The summed E-state index contributed by atoms with van der Waals surface area (Å²) < 4.78 is 5.09. The van der Waals surface area contributed by atoms with Crippen molar-refractivity contribution in [2.75, 3.05) is 11.9 Å². The summed E-state index contributed by atoms with van der Waals surface area (Å²) in [6.45, 7) is 0.587. The molecule has 4 heteroatoms. The average molecular weight is 306 g/mol. The Morgan fingerprint density at radius 1 is 1.00 bits per heavy atom. The molecule has 0 amide bonds. The van der Waals surface area contributed by atoms with Crippen LogP contribution in [0.25, 0.3) is 0 Å². The van der Waals surface area contributed by atoms with Crippen LogP contribution in [0.4, 0.5) is 5.69 Å². The molecule has 1 aromatic carbocycles. The first-order chi connectivity index (χ1) is 11.3. The minimum absolute atomic E-state index is 0.0109. The first kappa shape index (κ1) is 15.0. The average Bonchev–Trinajstić information content (AvgIpc) is 3.12. The lowest BCUT2D eigenvalue weighted by Gasteiger charge is -2.07. The number of anilines is 1. The first-order valence-corrected chi connectivity index (χ1v) is 7.60. The molecule has 0 bridgehead atoms. The number of aromatic nitrogens is 1. The van der Waals surface area contributed by atoms with Gasteiger partial charge >= 0.3 is 0 Å². The van der Waals surface area contributed by atoms with Crippen LogP contribution in [-0.4, -0.2) is 17.3 Å². The zero-order valence-corrected chi connectivity index (χ0v) is 12.7. The van der Waals surface area contributed by atoms with E-state index in [1.165, 1.54) is 17.4 Å². The van der Waals surface area contributed by atoms with Gasteiger partial charge in [-0.1, -0.05) is 12.1 Å². The molecule has 3 aromatic rings. The number of nitrogens with zero attached hydrogens (tertiary/aromatic N) is 1. The van der Waals surface area contributed by atoms with Crippen molar-refractivity contribution < 1.29 is 9.21 Å². The number of carbonyl (C=O) groups is 1. The summed E-state index contributed by atoms with van der Waals surface area (Å²) in [5.74, 6) is 0.427. The molecule has 116 valence electrons. The van der Waals surface area contributed by atoms with E-state index in [0.717, 1.165) is 12.1 Å². The number of benzene rings is 1. The van der Waals surface area contributed by atoms with E-state index < -0.39 is 0 Å². The van der Waals surface area contributed by atoms with Gasteiger partial charge in [-0.15, -0.1) is 0 Å². The SMILES string of the molecule is O=C(CCNc1ccc(Cc2ccncc2)cc1)c1ccco1. The van der Waals surface area contributed by atoms with Crippen LogP contribution in [0.2, 0.25) is 0 Å². The third kappa shape index (κ3) is 4.30. The van der Waals surface area contributed by atoms with Crippen LogP contribution in [0, 0.1) is 0 Å². The van der Waals surface area contributed by atoms with E-state index in [-0.39, 0.29) is 5.78 Å². The van der Waals surface area contributed by atoms with Crippen LogP contribution in [0.3, 0.4) is 0 Å². The Kier molecular flexibility index (Phi) is 4.84. The smallest absolute Gasteiger partial charge is 0.199 e. The molecule has 2 aromatic heterocycles. The summed E-state index contributed by atoms with van der Waals surface area (Å²) in [6.07, 6.45) is 6.43. The maximum atomic E-state index is 11.8. The van der Waals surface area contributed by atoms with E-state index in [1.54, 1.807) is 24.5 Å². The summed E-state index contributed by atoms with van der Waals surface area (Å²) in [5.41, 5.74) is 3.49. The first-order valence-electron chi connectivity index (χ1n) is 7.60. The zero-order chi connectivity index (χ0) is 15.9. The predicted molar refractivity (Wildman–Crippen MR) is 89.6 cm³/mol. The van der Waals surface area contributed by atoms with E-state index in [2.05, 4.69) is 22.4 Å². The quantitative estimate of drug-likeness (QED) is 0.672. The van der Waals surface area contributed by atoms with Crippen LogP contribution in [0.5, 0.6) is 0 Å². The van der Waals surface area contributed by atoms with Gasteiger partial charge in [0.25, 0.3) is 0 Å². The Labute approximate surface area is 135 Å². The van der Waals surface area contributed by atoms with Crippen LogP contribution >= 0.6 is 0 Å². The second-order valence-electron chi connectivity index (χ2n) is 5.31. The van der Waals surface area contributed by atoms with Crippen LogP contribution in [0.15, 0.2) is 71.6 Å². The predicted octanol–water partition coefficient (Wildman–Crippen LogP) is 3.95. The number of nitrogens with one attached hydrogen (secondary N) is 1. The van der Waals surface area contributed by atoms with Crippen molar-refractivity contribution in [3.8, 4) is 0 Å². The Hall–Kier alpha value is -2.88. The fourth-order valence-electron chi connectivity index (χ4n) is 2.36. The largest absolute Gasteiger partial charge is 0.461 e. The Morgan fingerprint density at radius 2 is 1.74 bits per heavy atom. The topological polar surface area (TPSA) is 55.1 Å². The summed E-state index contributed by atoms with van der Waals surface area (Å²) in [5, 5.41) is 3.26. The molecule has 0 saturated heterocycles. The lowest BCUT2D eigenvalue weighted by atomic mass is 10.1. The molecule has 0 aliphatic heterocycles. The van der Waals surface area contributed by atoms with Gasteiger partial charge in [-0.3, -0.25) is 9.78 Å². The van der Waals surface area contributed by atoms with E-state index in [9.17, 15) is 4.79 Å². The molecule has 0 atom stereocenters. The Morgan fingerprint density at radius 3 is 2.43 bits per heavy atom. The molecule has 0 fully saturated rings. The van der Waals surface area contributed by atoms with Gasteiger partial charge in [0.2, 0.25) is 0 Å². The van der Waals surface area contributed by atoms with E-state index in [1.807, 2.05) is 24.3 Å². The third-order valence-corrected chi connectivity index (χ3v) is 3.59. The monoisotopic (exact) mass is 306 g/mol. The number of ketones is 1. The molecular weight excluding hydrogens is 288 g/mol. The number of furan rings is 1. The molecule has 2 heterocycles. The van der Waals surface area contributed by atoms with E-state index in [4.69, 9.17) is 4.42 Å². The normalized spacial score (nSPS) is 10.4. The molecule has 3 rings (SSSR count). The zero-order valence-electron chi connectivity index (χ0n) is 12.7. The molecule has 0 saturated carbocycles. The summed E-state index contributed by atoms with van der Waals surface area (Å²) in [6, 6.07) is 15.7. The molecule has 4 nitrogen and oxygen atoms in total. The van der Waals surface area contributed by atoms with Gasteiger partial charge in [-0.25, -0.2) is 0 Å². The molecule has 0 aliphatic carbocycles. The van der Waals surface area contributed by atoms with Gasteiger partial charge in [0.15, 0.2) is 11.5 Å². The maximum Gasteiger partial charge on any atom is 0.199 e. The van der Waals surface area contributed by atoms with Crippen LogP contribution < -0.4 is 5.32 Å². The number of Topliss-reactive ketones (excluding diaryl/α,β-unsaturated/α-hetero) is 1. The fourth-order valence-corrected chi connectivity index (χ4v) is 2.36. The summed E-state index contributed by atoms with van der Waals surface area (Å²) in [4.78, 5) is 15.8. The number of rotatable bonds is 7. The van der Waals surface area contributed by atoms with Crippen molar-refractivity contribution in [3.05, 3.63) is 84.1 Å². The second-order valence-corrected chi connectivity index (χ2v) is 5.31. The lowest BCUT2D eigenvalue weighted by molar-refractivity contribution is 0.0960. The van der Waals surface area contributed by atoms with Gasteiger partial charge in [-0.05, 0) is 53.9 Å². The molecule has 1 N–H and O–H groups in total. The van der Waals surface area contributed by atoms with Crippen molar-refractivity contribution >= 4 is 11.5 Å². The highest BCUT2D eigenvalue weighted by Crippen LogP contribution is 2.13. The summed E-state index contributed by atoms with van der Waals surface area (Å²) >= 11 is 0. The summed E-state index contributed by atoms with van der Waals surface area (Å²) in [7, 11) is 0. The minimum atomic E-state index is 0.0109. The van der Waals surface area contributed by atoms with Crippen LogP contribution in [-0.2, 0) is 6.42 Å².